The number of aromatic nitrogens is 2. The lowest BCUT2D eigenvalue weighted by molar-refractivity contribution is 0.0520. The lowest BCUT2D eigenvalue weighted by Gasteiger charge is -2.08. The van der Waals surface area contributed by atoms with Gasteiger partial charge in [0.1, 0.15) is 12.7 Å². The normalized spacial score (nSPS) is 12.4. The second-order valence-electron chi connectivity index (χ2n) is 2.79. The summed E-state index contributed by atoms with van der Waals surface area (Å²) in [7, 11) is 0. The van der Waals surface area contributed by atoms with Crippen LogP contribution in [0.1, 0.15) is 0 Å². The minimum Gasteiger partial charge on any atom is -0.485 e. The Balaban J connectivity index is 2.83. The molecule has 1 aromatic rings. The highest BCUT2D eigenvalue weighted by Crippen LogP contribution is 1.97. The number of rotatable bonds is 4. The van der Waals surface area contributed by atoms with Crippen molar-refractivity contribution in [1.29, 1.82) is 5.41 Å². The van der Waals surface area contributed by atoms with Gasteiger partial charge in [-0.05, 0) is 0 Å². The molecule has 15 heavy (non-hydrogen) atoms. The summed E-state index contributed by atoms with van der Waals surface area (Å²) in [6, 6.07) is 0.989. The van der Waals surface area contributed by atoms with Crippen LogP contribution in [-0.2, 0) is 0 Å². The number of hydrogen-bond acceptors (Lipinski definition) is 6. The van der Waals surface area contributed by atoms with Crippen LogP contribution in [0.3, 0.4) is 0 Å². The lowest BCUT2D eigenvalue weighted by atomic mass is 10.4. The van der Waals surface area contributed by atoms with Gasteiger partial charge in [-0.2, -0.15) is 0 Å². The van der Waals surface area contributed by atoms with Gasteiger partial charge in [-0.15, -0.1) is 4.85 Å². The van der Waals surface area contributed by atoms with Crippen molar-refractivity contribution >= 4 is 0 Å². The first-order valence-corrected chi connectivity index (χ1v) is 4.06. The molecule has 5 N–H and O–H groups in total. The third-order valence-electron chi connectivity index (χ3n) is 1.57. The Morgan fingerprint density at radius 3 is 2.93 bits per heavy atom. The molecule has 0 saturated carbocycles. The fourth-order valence-electron chi connectivity index (χ4n) is 0.808. The highest BCUT2D eigenvalue weighted by atomic mass is 16.5. The van der Waals surface area contributed by atoms with E-state index in [1.807, 2.05) is 5.10 Å². The van der Waals surface area contributed by atoms with E-state index in [2.05, 4.69) is 0 Å². The van der Waals surface area contributed by atoms with Gasteiger partial charge in [0.2, 0.25) is 0 Å². The standard InChI is InChI=1S/C7H11N3O5/c8-6-1-5(7(13)9-10(6)14)15-3-4(12)2-11/h1,4,8,11-12,14H,2-3H2,(H,9,13). The van der Waals surface area contributed by atoms with E-state index in [1.54, 1.807) is 0 Å². The first-order valence-electron chi connectivity index (χ1n) is 4.06. The SMILES string of the molecule is N=c1cc(OCC(O)CO)c(=O)[nH]n1O. The van der Waals surface area contributed by atoms with E-state index < -0.39 is 18.3 Å². The Labute approximate surface area is 83.4 Å². The zero-order chi connectivity index (χ0) is 11.4. The number of aliphatic hydroxyl groups excluding tert-OH is 2. The van der Waals surface area contributed by atoms with Crippen LogP contribution in [0.4, 0.5) is 0 Å². The van der Waals surface area contributed by atoms with Gasteiger partial charge < -0.3 is 20.2 Å². The van der Waals surface area contributed by atoms with Crippen molar-refractivity contribution < 1.29 is 20.2 Å². The van der Waals surface area contributed by atoms with E-state index in [9.17, 15) is 4.79 Å². The van der Waals surface area contributed by atoms with E-state index in [0.717, 1.165) is 6.07 Å². The summed E-state index contributed by atoms with van der Waals surface area (Å²) in [6.45, 7) is -0.757. The van der Waals surface area contributed by atoms with Crippen molar-refractivity contribution in [3.63, 3.8) is 0 Å². The van der Waals surface area contributed by atoms with Gasteiger partial charge in [-0.1, -0.05) is 0 Å². The summed E-state index contributed by atoms with van der Waals surface area (Å²) in [5, 5.41) is 35.4. The summed E-state index contributed by atoms with van der Waals surface area (Å²) in [5.41, 5.74) is -1.11. The zero-order valence-corrected chi connectivity index (χ0v) is 7.67. The first kappa shape index (κ1) is 11.3. The smallest absolute Gasteiger partial charge is 0.307 e. The van der Waals surface area contributed by atoms with E-state index in [4.69, 9.17) is 25.6 Å². The Morgan fingerprint density at radius 1 is 1.67 bits per heavy atom. The van der Waals surface area contributed by atoms with Gasteiger partial charge in [0.05, 0.1) is 6.61 Å². The molecule has 1 rings (SSSR count). The highest BCUT2D eigenvalue weighted by Gasteiger charge is 2.07. The number of hydrogen-bond donors (Lipinski definition) is 5. The number of H-pyrrole nitrogens is 1. The summed E-state index contributed by atoms with van der Waals surface area (Å²) in [4.78, 5) is 11.3. The predicted octanol–water partition coefficient (Wildman–Crippen LogP) is -2.37. The molecular weight excluding hydrogens is 206 g/mol. The zero-order valence-electron chi connectivity index (χ0n) is 7.67. The fraction of sp³-hybridized carbons (Fsp3) is 0.429. The summed E-state index contributed by atoms with van der Waals surface area (Å²) >= 11 is 0. The Kier molecular flexibility index (Phi) is 3.47. The molecule has 0 amide bonds. The largest absolute Gasteiger partial charge is 0.485 e. The minimum absolute atomic E-state index is 0.210. The molecule has 0 bridgehead atoms. The van der Waals surface area contributed by atoms with Crippen LogP contribution >= 0.6 is 0 Å². The monoisotopic (exact) mass is 217 g/mol. The Bertz CT molecular complexity index is 437. The molecule has 0 aliphatic carbocycles. The van der Waals surface area contributed by atoms with E-state index in [0.29, 0.717) is 0 Å². The van der Waals surface area contributed by atoms with Gasteiger partial charge in [0.15, 0.2) is 11.2 Å². The maximum Gasteiger partial charge on any atom is 0.307 e. The third-order valence-corrected chi connectivity index (χ3v) is 1.57. The van der Waals surface area contributed by atoms with Gasteiger partial charge in [-0.3, -0.25) is 10.2 Å². The van der Waals surface area contributed by atoms with Crippen molar-refractivity contribution in [1.82, 2.24) is 9.94 Å². The average Bonchev–Trinajstić information content (AvgIpc) is 2.21. The highest BCUT2D eigenvalue weighted by molar-refractivity contribution is 5.13. The van der Waals surface area contributed by atoms with Crippen LogP contribution in [0, 0.1) is 5.41 Å². The number of aliphatic hydroxyl groups is 2. The molecule has 0 aromatic carbocycles. The summed E-state index contributed by atoms with van der Waals surface area (Å²) < 4.78 is 4.83. The minimum atomic E-state index is -1.10. The summed E-state index contributed by atoms with van der Waals surface area (Å²) in [5.74, 6) is -0.210. The number of nitrogens with one attached hydrogen (secondary N) is 2. The molecule has 1 heterocycles. The molecule has 1 atom stereocenters. The molecule has 1 unspecified atom stereocenters. The van der Waals surface area contributed by atoms with Crippen molar-refractivity contribution in [2.45, 2.75) is 6.10 Å². The van der Waals surface area contributed by atoms with E-state index >= 15 is 0 Å². The van der Waals surface area contributed by atoms with Crippen molar-refractivity contribution in [2.75, 3.05) is 13.2 Å². The van der Waals surface area contributed by atoms with Crippen molar-refractivity contribution in [3.8, 4) is 5.75 Å². The molecule has 84 valence electrons. The lowest BCUT2D eigenvalue weighted by Crippen LogP contribution is -2.30. The Morgan fingerprint density at radius 2 is 2.33 bits per heavy atom. The van der Waals surface area contributed by atoms with Gasteiger partial charge in [0, 0.05) is 6.07 Å². The van der Waals surface area contributed by atoms with Gasteiger partial charge in [-0.25, -0.2) is 5.10 Å². The molecular formula is C7H11N3O5. The van der Waals surface area contributed by atoms with Crippen LogP contribution in [0.5, 0.6) is 5.75 Å². The molecule has 1 aromatic heterocycles. The third kappa shape index (κ3) is 2.82. The van der Waals surface area contributed by atoms with Gasteiger partial charge in [0.25, 0.3) is 0 Å². The molecule has 8 heteroatoms. The maximum atomic E-state index is 11.1. The van der Waals surface area contributed by atoms with Gasteiger partial charge >= 0.3 is 5.56 Å². The molecule has 0 fully saturated rings. The first-order chi connectivity index (χ1) is 7.04. The Hall–Kier alpha value is -1.80. The number of nitrogens with zero attached hydrogens (tertiary/aromatic N) is 1. The maximum absolute atomic E-state index is 11.1. The topological polar surface area (TPSA) is 132 Å². The van der Waals surface area contributed by atoms with Crippen molar-refractivity contribution in [2.24, 2.45) is 0 Å². The second kappa shape index (κ2) is 4.62. The predicted molar refractivity (Wildman–Crippen MR) is 46.7 cm³/mol. The fourth-order valence-corrected chi connectivity index (χ4v) is 0.808. The molecule has 0 spiro atoms. The van der Waals surface area contributed by atoms with E-state index in [1.165, 1.54) is 0 Å². The van der Waals surface area contributed by atoms with Crippen LogP contribution in [0.2, 0.25) is 0 Å². The molecule has 0 saturated heterocycles. The van der Waals surface area contributed by atoms with Crippen LogP contribution in [0.15, 0.2) is 10.9 Å². The molecule has 0 aliphatic rings. The number of ether oxygens (including phenoxy) is 1. The van der Waals surface area contributed by atoms with Crippen molar-refractivity contribution in [3.05, 3.63) is 21.9 Å². The molecule has 0 aliphatic heterocycles. The summed E-state index contributed by atoms with van der Waals surface area (Å²) in [6.07, 6.45) is -1.10. The van der Waals surface area contributed by atoms with Crippen LogP contribution < -0.4 is 15.8 Å². The average molecular weight is 217 g/mol. The quantitative estimate of drug-likeness (QED) is 0.359. The second-order valence-corrected chi connectivity index (χ2v) is 2.79. The van der Waals surface area contributed by atoms with E-state index in [-0.39, 0.29) is 22.7 Å². The molecule has 8 nitrogen and oxygen atoms in total. The van der Waals surface area contributed by atoms with Crippen LogP contribution in [-0.4, -0.2) is 44.7 Å². The van der Waals surface area contributed by atoms with Crippen LogP contribution in [0.25, 0.3) is 0 Å². The molecule has 0 radical (unpaired) electrons. The number of aromatic amines is 1.